The predicted octanol–water partition coefficient (Wildman–Crippen LogP) is 3.51. The molecule has 6 nitrogen and oxygen atoms in total. The highest BCUT2D eigenvalue weighted by atomic mass is 19.4. The third-order valence-electron chi connectivity index (χ3n) is 4.19. The summed E-state index contributed by atoms with van der Waals surface area (Å²) in [6, 6.07) is 4.64. The normalized spacial score (nSPS) is 15.4. The molecule has 1 aliphatic rings. The van der Waals surface area contributed by atoms with Crippen molar-refractivity contribution in [3.8, 4) is 0 Å². The first-order valence-corrected chi connectivity index (χ1v) is 9.12. The lowest BCUT2D eigenvalue weighted by Crippen LogP contribution is -2.54. The lowest BCUT2D eigenvalue weighted by molar-refractivity contribution is -0.137. The van der Waals surface area contributed by atoms with Crippen LogP contribution in [-0.4, -0.2) is 60.2 Å². The standard InChI is InChI=1S/C19H26F3N3O3/c1-18(2,3)28-17(27)25-12-10-24(11-13-25)16(26)23-9-8-14-4-6-15(7-5-14)19(20,21)22/h4-7H,8-13H2,1-3H3,(H,23,26). The van der Waals surface area contributed by atoms with E-state index in [1.165, 1.54) is 12.1 Å². The van der Waals surface area contributed by atoms with E-state index in [4.69, 9.17) is 4.74 Å². The van der Waals surface area contributed by atoms with Gasteiger partial charge in [-0.2, -0.15) is 13.2 Å². The Morgan fingerprint density at radius 2 is 1.54 bits per heavy atom. The number of nitrogens with one attached hydrogen (secondary N) is 1. The number of rotatable bonds is 3. The lowest BCUT2D eigenvalue weighted by atomic mass is 10.1. The predicted molar refractivity (Wildman–Crippen MR) is 97.9 cm³/mol. The molecule has 0 radical (unpaired) electrons. The van der Waals surface area contributed by atoms with Gasteiger partial charge in [-0.3, -0.25) is 0 Å². The molecule has 0 atom stereocenters. The van der Waals surface area contributed by atoms with Gasteiger partial charge >= 0.3 is 18.3 Å². The molecule has 1 fully saturated rings. The van der Waals surface area contributed by atoms with Crippen LogP contribution in [0.2, 0.25) is 0 Å². The molecular weight excluding hydrogens is 375 g/mol. The highest BCUT2D eigenvalue weighted by molar-refractivity contribution is 5.75. The number of benzene rings is 1. The summed E-state index contributed by atoms with van der Waals surface area (Å²) in [6.07, 6.45) is -4.31. The summed E-state index contributed by atoms with van der Waals surface area (Å²) in [5, 5.41) is 2.76. The first-order valence-electron chi connectivity index (χ1n) is 9.12. The summed E-state index contributed by atoms with van der Waals surface area (Å²) in [5.41, 5.74) is -0.546. The summed E-state index contributed by atoms with van der Waals surface area (Å²) in [4.78, 5) is 27.4. The van der Waals surface area contributed by atoms with E-state index in [1.807, 2.05) is 0 Å². The van der Waals surface area contributed by atoms with Gasteiger partial charge in [0, 0.05) is 32.7 Å². The SMILES string of the molecule is CC(C)(C)OC(=O)N1CCN(C(=O)NCCc2ccc(C(F)(F)F)cc2)CC1. The number of amides is 3. The highest BCUT2D eigenvalue weighted by Gasteiger charge is 2.30. The van der Waals surface area contributed by atoms with Crippen LogP contribution in [-0.2, 0) is 17.3 Å². The maximum atomic E-state index is 12.5. The highest BCUT2D eigenvalue weighted by Crippen LogP contribution is 2.29. The van der Waals surface area contributed by atoms with Crippen LogP contribution in [0, 0.1) is 0 Å². The van der Waals surface area contributed by atoms with E-state index in [0.717, 1.165) is 12.1 Å². The molecule has 1 saturated heterocycles. The molecule has 1 N–H and O–H groups in total. The summed E-state index contributed by atoms with van der Waals surface area (Å²) in [6.45, 7) is 7.28. The molecule has 2 rings (SSSR count). The van der Waals surface area contributed by atoms with E-state index in [0.29, 0.717) is 44.7 Å². The monoisotopic (exact) mass is 401 g/mol. The van der Waals surface area contributed by atoms with Gasteiger partial charge in [-0.15, -0.1) is 0 Å². The third kappa shape index (κ3) is 6.61. The molecule has 3 amide bonds. The average Bonchev–Trinajstić information content (AvgIpc) is 2.60. The molecule has 1 aromatic rings. The summed E-state index contributed by atoms with van der Waals surface area (Å²) in [7, 11) is 0. The minimum absolute atomic E-state index is 0.254. The Kier molecular flexibility index (Phi) is 6.79. The molecule has 156 valence electrons. The van der Waals surface area contributed by atoms with E-state index in [9.17, 15) is 22.8 Å². The first kappa shape index (κ1) is 21.8. The Morgan fingerprint density at radius 1 is 1.00 bits per heavy atom. The van der Waals surface area contributed by atoms with Gasteiger partial charge in [0.25, 0.3) is 0 Å². The second kappa shape index (κ2) is 8.70. The van der Waals surface area contributed by atoms with Gasteiger partial charge in [-0.05, 0) is 44.9 Å². The number of nitrogens with zero attached hydrogens (tertiary/aromatic N) is 2. The fourth-order valence-corrected chi connectivity index (χ4v) is 2.70. The van der Waals surface area contributed by atoms with Gasteiger partial charge in [-0.1, -0.05) is 12.1 Å². The summed E-state index contributed by atoms with van der Waals surface area (Å²) < 4.78 is 43.0. The molecule has 28 heavy (non-hydrogen) atoms. The molecule has 9 heteroatoms. The number of alkyl halides is 3. The number of ether oxygens (including phenoxy) is 1. The van der Waals surface area contributed by atoms with Gasteiger partial charge in [-0.25, -0.2) is 9.59 Å². The third-order valence-corrected chi connectivity index (χ3v) is 4.19. The molecule has 0 spiro atoms. The molecule has 0 aromatic heterocycles. The van der Waals surface area contributed by atoms with E-state index in [1.54, 1.807) is 30.6 Å². The van der Waals surface area contributed by atoms with Crippen LogP contribution >= 0.6 is 0 Å². The number of piperazine rings is 1. The second-order valence-corrected chi connectivity index (χ2v) is 7.63. The second-order valence-electron chi connectivity index (χ2n) is 7.63. The van der Waals surface area contributed by atoms with Gasteiger partial charge in [0.05, 0.1) is 5.56 Å². The zero-order chi connectivity index (χ0) is 20.9. The van der Waals surface area contributed by atoms with Crippen LogP contribution in [0.25, 0.3) is 0 Å². The van der Waals surface area contributed by atoms with Crippen molar-refractivity contribution >= 4 is 12.1 Å². The maximum Gasteiger partial charge on any atom is 0.416 e. The number of hydrogen-bond acceptors (Lipinski definition) is 3. The number of halogens is 3. The molecule has 0 bridgehead atoms. The quantitative estimate of drug-likeness (QED) is 0.843. The Bertz CT molecular complexity index is 676. The first-order chi connectivity index (χ1) is 13.0. The molecule has 1 aromatic carbocycles. The van der Waals surface area contributed by atoms with Crippen LogP contribution in [0.3, 0.4) is 0 Å². The van der Waals surface area contributed by atoms with E-state index in [-0.39, 0.29) is 6.03 Å². The van der Waals surface area contributed by atoms with Crippen molar-refractivity contribution in [2.45, 2.75) is 39.0 Å². The van der Waals surface area contributed by atoms with E-state index >= 15 is 0 Å². The summed E-state index contributed by atoms with van der Waals surface area (Å²) >= 11 is 0. The molecular formula is C19H26F3N3O3. The average molecular weight is 401 g/mol. The molecule has 1 aliphatic heterocycles. The van der Waals surface area contributed by atoms with Crippen LogP contribution in [0.4, 0.5) is 22.8 Å². The van der Waals surface area contributed by atoms with Crippen LogP contribution in [0.5, 0.6) is 0 Å². The van der Waals surface area contributed by atoms with E-state index < -0.39 is 23.4 Å². The van der Waals surface area contributed by atoms with Crippen molar-refractivity contribution in [1.82, 2.24) is 15.1 Å². The largest absolute Gasteiger partial charge is 0.444 e. The number of carbonyl (C=O) groups is 2. The minimum atomic E-state index is -4.35. The van der Waals surface area contributed by atoms with Crippen LogP contribution < -0.4 is 5.32 Å². The van der Waals surface area contributed by atoms with Gasteiger partial charge in [0.2, 0.25) is 0 Å². The molecule has 1 heterocycles. The fourth-order valence-electron chi connectivity index (χ4n) is 2.70. The van der Waals surface area contributed by atoms with Crippen LogP contribution in [0.1, 0.15) is 31.9 Å². The van der Waals surface area contributed by atoms with E-state index in [2.05, 4.69) is 5.32 Å². The van der Waals surface area contributed by atoms with Gasteiger partial charge in [0.15, 0.2) is 0 Å². The zero-order valence-electron chi connectivity index (χ0n) is 16.3. The van der Waals surface area contributed by atoms with Crippen molar-refractivity contribution < 1.29 is 27.5 Å². The molecule has 0 saturated carbocycles. The molecule has 0 unspecified atom stereocenters. The number of carbonyl (C=O) groups excluding carboxylic acids is 2. The Morgan fingerprint density at radius 3 is 2.04 bits per heavy atom. The topological polar surface area (TPSA) is 61.9 Å². The van der Waals surface area contributed by atoms with Crippen molar-refractivity contribution in [3.63, 3.8) is 0 Å². The number of urea groups is 1. The number of hydrogen-bond donors (Lipinski definition) is 1. The van der Waals surface area contributed by atoms with Crippen molar-refractivity contribution in [2.24, 2.45) is 0 Å². The van der Waals surface area contributed by atoms with Crippen molar-refractivity contribution in [1.29, 1.82) is 0 Å². The van der Waals surface area contributed by atoms with Crippen molar-refractivity contribution in [2.75, 3.05) is 32.7 Å². The Balaban J connectivity index is 1.72. The van der Waals surface area contributed by atoms with Gasteiger partial charge < -0.3 is 19.9 Å². The Labute approximate surface area is 162 Å². The summed E-state index contributed by atoms with van der Waals surface area (Å²) in [5.74, 6) is 0. The molecule has 0 aliphatic carbocycles. The smallest absolute Gasteiger partial charge is 0.416 e. The maximum absolute atomic E-state index is 12.5. The zero-order valence-corrected chi connectivity index (χ0v) is 16.3. The Hall–Kier alpha value is -2.45. The fraction of sp³-hybridized carbons (Fsp3) is 0.579. The van der Waals surface area contributed by atoms with Crippen LogP contribution in [0.15, 0.2) is 24.3 Å². The van der Waals surface area contributed by atoms with Crippen molar-refractivity contribution in [3.05, 3.63) is 35.4 Å². The van der Waals surface area contributed by atoms with Gasteiger partial charge in [0.1, 0.15) is 5.60 Å². The minimum Gasteiger partial charge on any atom is -0.444 e. The lowest BCUT2D eigenvalue weighted by Gasteiger charge is -2.35.